The highest BCUT2D eigenvalue weighted by Crippen LogP contribution is 2.24. The molecule has 0 unspecified atom stereocenters. The molecule has 0 saturated carbocycles. The van der Waals surface area contributed by atoms with Gasteiger partial charge in [0.15, 0.2) is 5.65 Å². The summed E-state index contributed by atoms with van der Waals surface area (Å²) in [6.07, 6.45) is 8.34. The van der Waals surface area contributed by atoms with Gasteiger partial charge in [0, 0.05) is 23.7 Å². The molecule has 0 radical (unpaired) electrons. The van der Waals surface area contributed by atoms with E-state index in [4.69, 9.17) is 0 Å². The summed E-state index contributed by atoms with van der Waals surface area (Å²) < 4.78 is 0. The molecule has 0 saturated heterocycles. The number of nitrogens with zero attached hydrogens (tertiary/aromatic N) is 3. The van der Waals surface area contributed by atoms with Crippen molar-refractivity contribution in [3.63, 3.8) is 0 Å². The zero-order valence-corrected chi connectivity index (χ0v) is 10.6. The summed E-state index contributed by atoms with van der Waals surface area (Å²) in [7, 11) is 0. The van der Waals surface area contributed by atoms with E-state index in [1.807, 2.05) is 18.3 Å². The van der Waals surface area contributed by atoms with Crippen LogP contribution in [0.1, 0.15) is 51.3 Å². The maximum atomic E-state index is 4.59. The fourth-order valence-electron chi connectivity index (χ4n) is 2.17. The van der Waals surface area contributed by atoms with E-state index in [0.29, 0.717) is 5.92 Å². The zero-order chi connectivity index (χ0) is 12.1. The molecule has 2 aromatic heterocycles. The largest absolute Gasteiger partial charge is 0.240 e. The normalized spacial score (nSPS) is 11.2. The minimum absolute atomic E-state index is 0.483. The van der Waals surface area contributed by atoms with Crippen LogP contribution in [0.5, 0.6) is 0 Å². The molecule has 0 spiro atoms. The van der Waals surface area contributed by atoms with E-state index in [0.717, 1.165) is 29.7 Å². The van der Waals surface area contributed by atoms with Gasteiger partial charge in [-0.05, 0) is 25.0 Å². The minimum atomic E-state index is 0.483. The fourth-order valence-corrected chi connectivity index (χ4v) is 2.17. The Kier molecular flexibility index (Phi) is 4.02. The molecule has 0 N–H and O–H groups in total. The smallest absolute Gasteiger partial charge is 0.162 e. The van der Waals surface area contributed by atoms with Gasteiger partial charge in [-0.3, -0.25) is 0 Å². The SMILES string of the molecule is CCCC(CCC)c1ncc2cccnc2n1. The van der Waals surface area contributed by atoms with Crippen molar-refractivity contribution >= 4 is 11.0 Å². The van der Waals surface area contributed by atoms with E-state index >= 15 is 0 Å². The zero-order valence-electron chi connectivity index (χ0n) is 10.6. The Morgan fingerprint density at radius 2 is 1.88 bits per heavy atom. The number of aromatic nitrogens is 3. The summed E-state index contributed by atoms with van der Waals surface area (Å²) in [5.74, 6) is 1.44. The third-order valence-electron chi connectivity index (χ3n) is 3.01. The highest BCUT2D eigenvalue weighted by atomic mass is 14.9. The van der Waals surface area contributed by atoms with Crippen molar-refractivity contribution in [2.24, 2.45) is 0 Å². The Bertz CT molecular complexity index is 476. The summed E-state index contributed by atoms with van der Waals surface area (Å²) in [6.45, 7) is 4.42. The molecule has 0 atom stereocenters. The Hall–Kier alpha value is -1.51. The number of rotatable bonds is 5. The van der Waals surface area contributed by atoms with Crippen molar-refractivity contribution in [3.8, 4) is 0 Å². The second kappa shape index (κ2) is 5.71. The highest BCUT2D eigenvalue weighted by molar-refractivity contribution is 5.72. The molecule has 2 heterocycles. The van der Waals surface area contributed by atoms with Crippen LogP contribution in [0.2, 0.25) is 0 Å². The standard InChI is InChI=1S/C14H19N3/c1-3-6-11(7-4-2)13-16-10-12-8-5-9-15-14(12)17-13/h5,8-11H,3-4,6-7H2,1-2H3. The molecule has 2 rings (SSSR count). The first-order valence-electron chi connectivity index (χ1n) is 6.42. The summed E-state index contributed by atoms with van der Waals surface area (Å²) in [5.41, 5.74) is 0.815. The Labute approximate surface area is 102 Å². The maximum absolute atomic E-state index is 4.59. The number of hydrogen-bond donors (Lipinski definition) is 0. The van der Waals surface area contributed by atoms with Crippen molar-refractivity contribution in [1.29, 1.82) is 0 Å². The first kappa shape index (κ1) is 12.0. The molecule has 90 valence electrons. The number of pyridine rings is 1. The van der Waals surface area contributed by atoms with Gasteiger partial charge in [-0.15, -0.1) is 0 Å². The van der Waals surface area contributed by atoms with Crippen LogP contribution < -0.4 is 0 Å². The van der Waals surface area contributed by atoms with Crippen LogP contribution in [0.4, 0.5) is 0 Å². The lowest BCUT2D eigenvalue weighted by molar-refractivity contribution is 0.535. The molecule has 0 bridgehead atoms. The fraction of sp³-hybridized carbons (Fsp3) is 0.500. The lowest BCUT2D eigenvalue weighted by Gasteiger charge is -2.13. The molecule has 0 aliphatic heterocycles. The van der Waals surface area contributed by atoms with Gasteiger partial charge in [0.2, 0.25) is 0 Å². The van der Waals surface area contributed by atoms with Gasteiger partial charge >= 0.3 is 0 Å². The van der Waals surface area contributed by atoms with Gasteiger partial charge in [0.25, 0.3) is 0 Å². The molecule has 0 amide bonds. The predicted molar refractivity (Wildman–Crippen MR) is 69.9 cm³/mol. The molecule has 3 nitrogen and oxygen atoms in total. The summed E-state index contributed by atoms with van der Waals surface area (Å²) in [5, 5.41) is 1.02. The summed E-state index contributed by atoms with van der Waals surface area (Å²) in [4.78, 5) is 13.4. The van der Waals surface area contributed by atoms with E-state index in [9.17, 15) is 0 Å². The van der Waals surface area contributed by atoms with E-state index in [2.05, 4.69) is 28.8 Å². The van der Waals surface area contributed by atoms with Crippen molar-refractivity contribution in [3.05, 3.63) is 30.4 Å². The third-order valence-corrected chi connectivity index (χ3v) is 3.01. The topological polar surface area (TPSA) is 38.7 Å². The van der Waals surface area contributed by atoms with Gasteiger partial charge in [-0.1, -0.05) is 26.7 Å². The van der Waals surface area contributed by atoms with E-state index in [1.165, 1.54) is 12.8 Å². The molecular formula is C14H19N3. The van der Waals surface area contributed by atoms with E-state index < -0.39 is 0 Å². The van der Waals surface area contributed by atoms with Crippen molar-refractivity contribution < 1.29 is 0 Å². The van der Waals surface area contributed by atoms with Gasteiger partial charge in [-0.2, -0.15) is 0 Å². The van der Waals surface area contributed by atoms with Gasteiger partial charge in [0.05, 0.1) is 0 Å². The Balaban J connectivity index is 2.32. The van der Waals surface area contributed by atoms with Crippen LogP contribution in [0.3, 0.4) is 0 Å². The predicted octanol–water partition coefficient (Wildman–Crippen LogP) is 3.71. The Morgan fingerprint density at radius 3 is 2.59 bits per heavy atom. The van der Waals surface area contributed by atoms with Crippen LogP contribution in [0, 0.1) is 0 Å². The molecule has 0 aliphatic rings. The van der Waals surface area contributed by atoms with Crippen LogP contribution in [0.15, 0.2) is 24.5 Å². The van der Waals surface area contributed by atoms with E-state index in [-0.39, 0.29) is 0 Å². The average Bonchev–Trinajstić information content (AvgIpc) is 2.38. The average molecular weight is 229 g/mol. The van der Waals surface area contributed by atoms with Crippen molar-refractivity contribution in [1.82, 2.24) is 15.0 Å². The van der Waals surface area contributed by atoms with Crippen LogP contribution in [-0.2, 0) is 0 Å². The van der Waals surface area contributed by atoms with Crippen LogP contribution in [-0.4, -0.2) is 15.0 Å². The molecule has 3 heteroatoms. The summed E-state index contributed by atoms with van der Waals surface area (Å²) >= 11 is 0. The molecule has 0 aromatic carbocycles. The van der Waals surface area contributed by atoms with Crippen LogP contribution >= 0.6 is 0 Å². The first-order chi connectivity index (χ1) is 8.35. The molecular weight excluding hydrogens is 210 g/mol. The van der Waals surface area contributed by atoms with Crippen molar-refractivity contribution in [2.45, 2.75) is 45.4 Å². The van der Waals surface area contributed by atoms with Crippen molar-refractivity contribution in [2.75, 3.05) is 0 Å². The van der Waals surface area contributed by atoms with Gasteiger partial charge < -0.3 is 0 Å². The second-order valence-corrected chi connectivity index (χ2v) is 4.42. The number of fused-ring (bicyclic) bond motifs is 1. The van der Waals surface area contributed by atoms with Crippen LogP contribution in [0.25, 0.3) is 11.0 Å². The quantitative estimate of drug-likeness (QED) is 0.784. The van der Waals surface area contributed by atoms with Gasteiger partial charge in [-0.25, -0.2) is 15.0 Å². The number of hydrogen-bond acceptors (Lipinski definition) is 3. The summed E-state index contributed by atoms with van der Waals surface area (Å²) in [6, 6.07) is 3.92. The molecule has 17 heavy (non-hydrogen) atoms. The highest BCUT2D eigenvalue weighted by Gasteiger charge is 2.13. The second-order valence-electron chi connectivity index (χ2n) is 4.42. The lowest BCUT2D eigenvalue weighted by Crippen LogP contribution is -2.04. The Morgan fingerprint density at radius 1 is 1.12 bits per heavy atom. The lowest BCUT2D eigenvalue weighted by atomic mass is 9.97. The molecule has 2 aromatic rings. The van der Waals surface area contributed by atoms with Gasteiger partial charge in [0.1, 0.15) is 5.82 Å². The monoisotopic (exact) mass is 229 g/mol. The molecule has 0 aliphatic carbocycles. The third kappa shape index (κ3) is 2.78. The van der Waals surface area contributed by atoms with E-state index in [1.54, 1.807) is 6.20 Å². The molecule has 0 fully saturated rings. The first-order valence-corrected chi connectivity index (χ1v) is 6.42. The maximum Gasteiger partial charge on any atom is 0.162 e. The minimum Gasteiger partial charge on any atom is -0.240 e.